The number of ether oxygens (including phenoxy) is 1. The Balaban J connectivity index is 0.000000468. The molecule has 9 nitrogen and oxygen atoms in total. The first-order chi connectivity index (χ1) is 34.6. The number of nitrogens with two attached hydrogens (primary N) is 1. The second-order valence-corrected chi connectivity index (χ2v) is 18.5. The summed E-state index contributed by atoms with van der Waals surface area (Å²) in [7, 11) is 4.65. The lowest BCUT2D eigenvalue weighted by Gasteiger charge is -2.38. The molecule has 6 aromatic carbocycles. The van der Waals surface area contributed by atoms with Crippen LogP contribution < -0.4 is 52.1 Å². The number of nitrogens with one attached hydrogen (secondary N) is 5. The summed E-state index contributed by atoms with van der Waals surface area (Å²) < 4.78 is 9.35. The van der Waals surface area contributed by atoms with Crippen molar-refractivity contribution in [2.75, 3.05) is 34.3 Å². The molecule has 0 radical (unpaired) electrons. The van der Waals surface area contributed by atoms with Gasteiger partial charge in [-0.2, -0.15) is 0 Å². The van der Waals surface area contributed by atoms with Gasteiger partial charge in [0.15, 0.2) is 0 Å². The summed E-state index contributed by atoms with van der Waals surface area (Å²) in [6, 6.07) is 42.5. The van der Waals surface area contributed by atoms with E-state index in [1.807, 2.05) is 114 Å². The molecule has 71 heavy (non-hydrogen) atoms. The Bertz CT molecular complexity index is 2490. The molecule has 0 amide bonds. The van der Waals surface area contributed by atoms with E-state index >= 15 is 0 Å². The summed E-state index contributed by atoms with van der Waals surface area (Å²) in [6.45, 7) is 33.8. The van der Waals surface area contributed by atoms with E-state index in [4.69, 9.17) is 15.9 Å². The second-order valence-electron chi connectivity index (χ2n) is 16.2. The molecule has 3 aliphatic heterocycles. The fourth-order valence-corrected chi connectivity index (χ4v) is 10.2. The van der Waals surface area contributed by atoms with E-state index in [9.17, 15) is 0 Å². The molecule has 386 valence electrons. The van der Waals surface area contributed by atoms with Crippen molar-refractivity contribution in [3.8, 4) is 11.5 Å². The third-order valence-corrected chi connectivity index (χ3v) is 13.9. The number of nitrogens with zero attached hydrogens (tertiary/aromatic N) is 2. The van der Waals surface area contributed by atoms with E-state index in [1.54, 1.807) is 0 Å². The zero-order valence-corrected chi connectivity index (χ0v) is 48.4. The zero-order valence-electron chi connectivity index (χ0n) is 46.4. The summed E-state index contributed by atoms with van der Waals surface area (Å²) in [5, 5.41) is 18.2. The van der Waals surface area contributed by atoms with Gasteiger partial charge in [-0.25, -0.2) is 10.9 Å². The minimum atomic E-state index is -0.205. The maximum atomic E-state index is 7.05. The second kappa shape index (κ2) is 32.7. The van der Waals surface area contributed by atoms with E-state index in [2.05, 4.69) is 157 Å². The molecule has 0 aromatic heterocycles. The summed E-state index contributed by atoms with van der Waals surface area (Å²) in [6.07, 6.45) is 2.33. The molecule has 0 fully saturated rings. The molecule has 0 bridgehead atoms. The van der Waals surface area contributed by atoms with Crippen LogP contribution in [0.2, 0.25) is 0 Å². The Morgan fingerprint density at radius 1 is 0.704 bits per heavy atom. The van der Waals surface area contributed by atoms with Crippen LogP contribution in [-0.4, -0.2) is 20.3 Å². The predicted molar refractivity (Wildman–Crippen MR) is 320 cm³/mol. The number of rotatable bonds is 10. The molecular weight excluding hydrogens is 911 g/mol. The standard InChI is InChI=1S/C34H40N4OP2.2C8H10N2.5C2H6/c1-6-22-15-26-33(31(16-22)41-38-29-14-10-8-12-24(29)20-36-38)39-32-27(34(26,4)5)17-25(21(2)3)18-30(32)40-37-28-13-9-7-11-23(28)19-35;1-10-8-5-3-2-4-7(8)6-9-10;1-10-8-5-3-2-4-7(8)6-9;5*1-2/h7-18,21,36-37,40-41H,6,19-20,35H2,1-5H3;2-5,9H,6H2,1H3;2-6,9-10H,1H3;5*1-2H3. The van der Waals surface area contributed by atoms with Crippen LogP contribution in [0.3, 0.4) is 0 Å². The van der Waals surface area contributed by atoms with Crippen molar-refractivity contribution < 1.29 is 4.74 Å². The molecule has 0 saturated carbocycles. The van der Waals surface area contributed by atoms with E-state index in [0.717, 1.165) is 53.5 Å². The van der Waals surface area contributed by atoms with Gasteiger partial charge in [-0.1, -0.05) is 189 Å². The molecule has 2 atom stereocenters. The summed E-state index contributed by atoms with van der Waals surface area (Å²) >= 11 is 0. The zero-order chi connectivity index (χ0) is 53.1. The normalized spacial score (nSPS) is 12.8. The number of hydrogen-bond acceptors (Lipinski definition) is 9. The highest BCUT2D eigenvalue weighted by Crippen LogP contribution is 2.50. The van der Waals surface area contributed by atoms with Crippen molar-refractivity contribution in [3.63, 3.8) is 0 Å². The van der Waals surface area contributed by atoms with E-state index in [1.165, 1.54) is 61.6 Å². The van der Waals surface area contributed by atoms with E-state index in [0.29, 0.717) is 29.9 Å². The molecule has 2 unspecified atom stereocenters. The smallest absolute Gasteiger partial charge is 0.140 e. The maximum absolute atomic E-state index is 7.05. The lowest BCUT2D eigenvalue weighted by atomic mass is 9.74. The molecule has 3 aliphatic rings. The van der Waals surface area contributed by atoms with Crippen molar-refractivity contribution in [1.29, 1.82) is 5.41 Å². The highest BCUT2D eigenvalue weighted by molar-refractivity contribution is 7.49. The van der Waals surface area contributed by atoms with Gasteiger partial charge in [0.05, 0.1) is 11.4 Å². The summed E-state index contributed by atoms with van der Waals surface area (Å²) in [5.74, 6) is 2.42. The number of fused-ring (bicyclic) bond motifs is 4. The fourth-order valence-electron chi connectivity index (χ4n) is 7.88. The van der Waals surface area contributed by atoms with Gasteiger partial charge in [0.25, 0.3) is 0 Å². The summed E-state index contributed by atoms with van der Waals surface area (Å²) in [5.41, 5.74) is 27.3. The monoisotopic (exact) mass is 1000 g/mol. The first-order valence-corrected chi connectivity index (χ1v) is 28.0. The Kier molecular flexibility index (Phi) is 28.4. The number of hydrogen-bond donors (Lipinski definition) is 6. The van der Waals surface area contributed by atoms with Gasteiger partial charge in [-0.3, -0.25) is 4.78 Å². The van der Waals surface area contributed by atoms with Crippen LogP contribution in [0.5, 0.6) is 11.5 Å². The Morgan fingerprint density at radius 2 is 1.24 bits per heavy atom. The number of para-hydroxylation sites is 4. The Morgan fingerprint density at radius 3 is 1.82 bits per heavy atom. The number of anilines is 4. The van der Waals surface area contributed by atoms with Crippen LogP contribution in [0, 0.1) is 5.41 Å². The topological polar surface area (TPSA) is 114 Å². The molecule has 3 heterocycles. The van der Waals surface area contributed by atoms with Crippen LogP contribution in [0.1, 0.15) is 154 Å². The van der Waals surface area contributed by atoms with E-state index in [-0.39, 0.29) is 5.41 Å². The fraction of sp³-hybridized carbons (Fsp3) is 0.383. The first kappa shape index (κ1) is 61.8. The number of hydrazine groups is 2. The van der Waals surface area contributed by atoms with Gasteiger partial charge in [0.2, 0.25) is 0 Å². The molecule has 11 heteroatoms. The van der Waals surface area contributed by atoms with E-state index < -0.39 is 0 Å². The van der Waals surface area contributed by atoms with Gasteiger partial charge < -0.3 is 31.3 Å². The lowest BCUT2D eigenvalue weighted by molar-refractivity contribution is 0.424. The molecule has 0 aliphatic carbocycles. The molecule has 0 spiro atoms. The van der Waals surface area contributed by atoms with Crippen molar-refractivity contribution in [2.45, 2.75) is 141 Å². The lowest BCUT2D eigenvalue weighted by Crippen LogP contribution is -2.32. The maximum Gasteiger partial charge on any atom is 0.140 e. The van der Waals surface area contributed by atoms with Gasteiger partial charge >= 0.3 is 0 Å². The van der Waals surface area contributed by atoms with Crippen LogP contribution in [0.4, 0.5) is 22.7 Å². The van der Waals surface area contributed by atoms with Crippen molar-refractivity contribution in [3.05, 3.63) is 166 Å². The predicted octanol–water partition coefficient (Wildman–Crippen LogP) is 15.3. The number of benzene rings is 6. The SMILES string of the molecule is CC.CC.CC.CC.CC.CCc1cc(PN2NCc3ccccc32)c2c(c1)C(C)(C)c1cc(C(C)C)cc(PNc3ccccc3CN)c1O2.CN1NCc2ccccc21.CNc1ccccc1C=N. The van der Waals surface area contributed by atoms with Gasteiger partial charge in [0.1, 0.15) is 11.5 Å². The highest BCUT2D eigenvalue weighted by Gasteiger charge is 2.38. The van der Waals surface area contributed by atoms with Crippen molar-refractivity contribution >= 4 is 57.0 Å². The third-order valence-electron chi connectivity index (χ3n) is 11.6. The first-order valence-electron chi connectivity index (χ1n) is 26.1. The molecule has 6 aromatic rings. The highest BCUT2D eigenvalue weighted by atomic mass is 31.1. The van der Waals surface area contributed by atoms with Crippen molar-refractivity contribution in [2.24, 2.45) is 5.73 Å². The minimum Gasteiger partial charge on any atom is -0.455 e. The van der Waals surface area contributed by atoms with Crippen molar-refractivity contribution in [1.82, 2.24) is 10.9 Å². The Labute approximate surface area is 434 Å². The van der Waals surface area contributed by atoms with Gasteiger partial charge in [-0.15, -0.1) is 0 Å². The molecule has 7 N–H and O–H groups in total. The van der Waals surface area contributed by atoms with Crippen LogP contribution in [-0.2, 0) is 31.5 Å². The third kappa shape index (κ3) is 16.1. The number of aryl methyl sites for hydroxylation is 1. The Hall–Kier alpha value is -5.27. The largest absolute Gasteiger partial charge is 0.455 e. The average molecular weight is 1000 g/mol. The molecular formula is C60H90N8OP2. The quantitative estimate of drug-likeness (QED) is 0.0594. The average Bonchev–Trinajstić information content (AvgIpc) is 4.03. The molecule has 0 saturated heterocycles. The molecule has 9 rings (SSSR count). The van der Waals surface area contributed by atoms with Gasteiger partial charge in [0, 0.05) is 101 Å². The van der Waals surface area contributed by atoms with Crippen LogP contribution >= 0.6 is 17.5 Å². The van der Waals surface area contributed by atoms with Crippen LogP contribution in [0.25, 0.3) is 0 Å². The van der Waals surface area contributed by atoms with Crippen LogP contribution in [0.15, 0.2) is 121 Å². The minimum absolute atomic E-state index is 0.205. The van der Waals surface area contributed by atoms with Gasteiger partial charge in [-0.05, 0) is 76.6 Å². The summed E-state index contributed by atoms with van der Waals surface area (Å²) in [4.78, 5) is 0.